The molecule has 1 nitrogen and oxygen atoms in total. The van der Waals surface area contributed by atoms with Gasteiger partial charge in [0.1, 0.15) is 5.82 Å². The van der Waals surface area contributed by atoms with E-state index >= 15 is 0 Å². The van der Waals surface area contributed by atoms with Crippen LogP contribution in [0.4, 0.5) is 4.39 Å². The summed E-state index contributed by atoms with van der Waals surface area (Å²) in [7, 11) is 0. The summed E-state index contributed by atoms with van der Waals surface area (Å²) in [6, 6.07) is 6.75. The number of rotatable bonds is 6. The number of halogens is 2. The molecule has 1 aromatic carbocycles. The zero-order chi connectivity index (χ0) is 11.1. The van der Waals surface area contributed by atoms with Crippen LogP contribution in [0.1, 0.15) is 18.9 Å². The highest BCUT2D eigenvalue weighted by atomic mass is 79.9. The first kappa shape index (κ1) is 12.7. The van der Waals surface area contributed by atoms with E-state index in [1.54, 1.807) is 0 Å². The molecule has 84 valence electrons. The standard InChI is InChI=1S/C12H17BrFN/c1-2-8-15(9-7-13)10-11-3-5-12(14)6-4-11/h3-6H,2,7-10H2,1H3. The average Bonchev–Trinajstić information content (AvgIpc) is 2.22. The molecule has 0 bridgehead atoms. The third-order valence-corrected chi connectivity index (χ3v) is 2.61. The summed E-state index contributed by atoms with van der Waals surface area (Å²) in [5.41, 5.74) is 1.17. The van der Waals surface area contributed by atoms with Crippen molar-refractivity contribution in [2.24, 2.45) is 0 Å². The first-order valence-corrected chi connectivity index (χ1v) is 6.41. The lowest BCUT2D eigenvalue weighted by atomic mass is 10.2. The van der Waals surface area contributed by atoms with E-state index in [1.165, 1.54) is 17.7 Å². The van der Waals surface area contributed by atoms with Gasteiger partial charge in [-0.2, -0.15) is 0 Å². The van der Waals surface area contributed by atoms with Gasteiger partial charge in [0.25, 0.3) is 0 Å². The Morgan fingerprint density at radius 1 is 1.20 bits per heavy atom. The van der Waals surface area contributed by atoms with Crippen LogP contribution in [0, 0.1) is 5.82 Å². The van der Waals surface area contributed by atoms with Crippen LogP contribution in [-0.4, -0.2) is 23.3 Å². The molecule has 0 saturated heterocycles. The zero-order valence-electron chi connectivity index (χ0n) is 9.05. The smallest absolute Gasteiger partial charge is 0.123 e. The molecule has 0 fully saturated rings. The van der Waals surface area contributed by atoms with Gasteiger partial charge in [0.05, 0.1) is 0 Å². The van der Waals surface area contributed by atoms with E-state index in [0.717, 1.165) is 31.4 Å². The second kappa shape index (κ2) is 6.96. The van der Waals surface area contributed by atoms with E-state index in [4.69, 9.17) is 0 Å². The molecule has 3 heteroatoms. The molecule has 1 aromatic rings. The molecule has 0 aliphatic rings. The summed E-state index contributed by atoms with van der Waals surface area (Å²) in [6.45, 7) is 5.19. The van der Waals surface area contributed by atoms with E-state index in [-0.39, 0.29) is 5.82 Å². The van der Waals surface area contributed by atoms with Crippen molar-refractivity contribution in [2.75, 3.05) is 18.4 Å². The van der Waals surface area contributed by atoms with Crippen molar-refractivity contribution in [2.45, 2.75) is 19.9 Å². The summed E-state index contributed by atoms with van der Waals surface area (Å²) in [5.74, 6) is -0.165. The van der Waals surface area contributed by atoms with Gasteiger partial charge in [-0.3, -0.25) is 4.90 Å². The van der Waals surface area contributed by atoms with Crippen molar-refractivity contribution in [1.29, 1.82) is 0 Å². The van der Waals surface area contributed by atoms with Crippen LogP contribution >= 0.6 is 15.9 Å². The molecule has 0 unspecified atom stereocenters. The van der Waals surface area contributed by atoms with Gasteiger partial charge in [0, 0.05) is 18.4 Å². The Balaban J connectivity index is 2.53. The molecule has 0 spiro atoms. The maximum atomic E-state index is 12.7. The van der Waals surface area contributed by atoms with Crippen molar-refractivity contribution in [1.82, 2.24) is 4.90 Å². The number of nitrogens with zero attached hydrogens (tertiary/aromatic N) is 1. The summed E-state index contributed by atoms with van der Waals surface area (Å²) >= 11 is 3.44. The minimum Gasteiger partial charge on any atom is -0.298 e. The van der Waals surface area contributed by atoms with Gasteiger partial charge in [-0.15, -0.1) is 0 Å². The Morgan fingerprint density at radius 2 is 1.87 bits per heavy atom. The molecular formula is C12H17BrFN. The van der Waals surface area contributed by atoms with Crippen LogP contribution in [0.25, 0.3) is 0 Å². The van der Waals surface area contributed by atoms with Gasteiger partial charge in [0.15, 0.2) is 0 Å². The predicted molar refractivity (Wildman–Crippen MR) is 65.8 cm³/mol. The molecule has 0 aliphatic carbocycles. The fourth-order valence-corrected chi connectivity index (χ4v) is 2.06. The summed E-state index contributed by atoms with van der Waals surface area (Å²) in [4.78, 5) is 2.36. The molecule has 0 atom stereocenters. The van der Waals surface area contributed by atoms with Crippen LogP contribution in [0.2, 0.25) is 0 Å². The normalized spacial score (nSPS) is 10.9. The maximum Gasteiger partial charge on any atom is 0.123 e. The molecule has 0 aliphatic heterocycles. The Bertz CT molecular complexity index is 267. The van der Waals surface area contributed by atoms with Gasteiger partial charge < -0.3 is 0 Å². The first-order valence-electron chi connectivity index (χ1n) is 5.29. The van der Waals surface area contributed by atoms with Gasteiger partial charge in [-0.1, -0.05) is 35.0 Å². The van der Waals surface area contributed by atoms with Gasteiger partial charge in [-0.25, -0.2) is 4.39 Å². The monoisotopic (exact) mass is 273 g/mol. The third kappa shape index (κ3) is 4.76. The highest BCUT2D eigenvalue weighted by Gasteiger charge is 2.03. The highest BCUT2D eigenvalue weighted by molar-refractivity contribution is 9.09. The van der Waals surface area contributed by atoms with Crippen LogP contribution in [0.3, 0.4) is 0 Å². The summed E-state index contributed by atoms with van der Waals surface area (Å²) in [5, 5.41) is 0.980. The average molecular weight is 274 g/mol. The topological polar surface area (TPSA) is 3.24 Å². The number of alkyl halides is 1. The summed E-state index contributed by atoms with van der Waals surface area (Å²) < 4.78 is 12.7. The maximum absolute atomic E-state index is 12.7. The van der Waals surface area contributed by atoms with E-state index in [9.17, 15) is 4.39 Å². The van der Waals surface area contributed by atoms with Crippen molar-refractivity contribution < 1.29 is 4.39 Å². The van der Waals surface area contributed by atoms with Crippen molar-refractivity contribution in [3.05, 3.63) is 35.6 Å². The lowest BCUT2D eigenvalue weighted by Crippen LogP contribution is -2.26. The Morgan fingerprint density at radius 3 is 2.40 bits per heavy atom. The number of hydrogen-bond acceptors (Lipinski definition) is 1. The van der Waals surface area contributed by atoms with Crippen LogP contribution < -0.4 is 0 Å². The van der Waals surface area contributed by atoms with Crippen LogP contribution in [-0.2, 0) is 6.54 Å². The minimum absolute atomic E-state index is 0.165. The van der Waals surface area contributed by atoms with Crippen molar-refractivity contribution in [3.63, 3.8) is 0 Å². The Labute approximate surface area is 99.4 Å². The van der Waals surface area contributed by atoms with Gasteiger partial charge >= 0.3 is 0 Å². The largest absolute Gasteiger partial charge is 0.298 e. The van der Waals surface area contributed by atoms with Gasteiger partial charge in [-0.05, 0) is 30.7 Å². The molecule has 0 saturated carbocycles. The molecule has 0 heterocycles. The van der Waals surface area contributed by atoms with Gasteiger partial charge in [0.2, 0.25) is 0 Å². The SMILES string of the molecule is CCCN(CCBr)Cc1ccc(F)cc1. The molecule has 0 amide bonds. The fraction of sp³-hybridized carbons (Fsp3) is 0.500. The van der Waals surface area contributed by atoms with Crippen molar-refractivity contribution in [3.8, 4) is 0 Å². The second-order valence-corrected chi connectivity index (χ2v) is 4.38. The first-order chi connectivity index (χ1) is 7.26. The fourth-order valence-electron chi connectivity index (χ4n) is 1.55. The highest BCUT2D eigenvalue weighted by Crippen LogP contribution is 2.07. The van der Waals surface area contributed by atoms with E-state index in [1.807, 2.05) is 12.1 Å². The Kier molecular flexibility index (Phi) is 5.88. The lowest BCUT2D eigenvalue weighted by Gasteiger charge is -2.20. The van der Waals surface area contributed by atoms with Crippen molar-refractivity contribution >= 4 is 15.9 Å². The minimum atomic E-state index is -0.165. The van der Waals surface area contributed by atoms with E-state index in [2.05, 4.69) is 27.8 Å². The van der Waals surface area contributed by atoms with E-state index < -0.39 is 0 Å². The second-order valence-electron chi connectivity index (χ2n) is 3.59. The molecule has 0 N–H and O–H groups in total. The molecule has 0 radical (unpaired) electrons. The lowest BCUT2D eigenvalue weighted by molar-refractivity contribution is 0.283. The zero-order valence-corrected chi connectivity index (χ0v) is 10.6. The molecule has 15 heavy (non-hydrogen) atoms. The summed E-state index contributed by atoms with van der Waals surface area (Å²) in [6.07, 6.45) is 1.15. The number of benzene rings is 1. The van der Waals surface area contributed by atoms with Crippen LogP contribution in [0.5, 0.6) is 0 Å². The van der Waals surface area contributed by atoms with Crippen LogP contribution in [0.15, 0.2) is 24.3 Å². The molecule has 1 rings (SSSR count). The third-order valence-electron chi connectivity index (χ3n) is 2.26. The van der Waals surface area contributed by atoms with E-state index in [0.29, 0.717) is 0 Å². The predicted octanol–water partition coefficient (Wildman–Crippen LogP) is 3.43. The molecular weight excluding hydrogens is 257 g/mol. The number of hydrogen-bond donors (Lipinski definition) is 0. The Hall–Kier alpha value is -0.410. The molecule has 0 aromatic heterocycles. The quantitative estimate of drug-likeness (QED) is 0.718.